The Morgan fingerprint density at radius 3 is 2.41 bits per heavy atom. The molecule has 0 aliphatic carbocycles. The van der Waals surface area contributed by atoms with E-state index in [1.54, 1.807) is 0 Å². The number of hydrogen-bond donors (Lipinski definition) is 0. The lowest BCUT2D eigenvalue weighted by Crippen LogP contribution is -2.49. The Hall–Kier alpha value is -1.57. The van der Waals surface area contributed by atoms with E-state index < -0.39 is 0 Å². The summed E-state index contributed by atoms with van der Waals surface area (Å²) in [5, 5.41) is 9.07. The van der Waals surface area contributed by atoms with E-state index in [0.29, 0.717) is 0 Å². The Balaban J connectivity index is 1.40. The molecule has 0 radical (unpaired) electrons. The van der Waals surface area contributed by atoms with Gasteiger partial charge in [-0.2, -0.15) is 5.26 Å². The molecule has 1 aromatic rings. The van der Waals surface area contributed by atoms with Crippen molar-refractivity contribution < 1.29 is 0 Å². The fourth-order valence-corrected chi connectivity index (χ4v) is 3.52. The summed E-state index contributed by atoms with van der Waals surface area (Å²) >= 11 is 0. The van der Waals surface area contributed by atoms with Gasteiger partial charge in [0.05, 0.1) is 12.0 Å². The van der Waals surface area contributed by atoms with Gasteiger partial charge in [0.15, 0.2) is 0 Å². The molecule has 0 N–H and O–H groups in total. The molecule has 2 aliphatic rings. The highest BCUT2D eigenvalue weighted by Gasteiger charge is 2.21. The van der Waals surface area contributed by atoms with Gasteiger partial charge in [-0.1, -0.05) is 18.2 Å². The van der Waals surface area contributed by atoms with E-state index in [9.17, 15) is 0 Å². The van der Waals surface area contributed by atoms with Crippen LogP contribution in [-0.4, -0.2) is 62.2 Å². The van der Waals surface area contributed by atoms with E-state index in [4.69, 9.17) is 5.26 Å². The molecule has 4 nitrogen and oxygen atoms in total. The van der Waals surface area contributed by atoms with Crippen LogP contribution < -0.4 is 4.90 Å². The summed E-state index contributed by atoms with van der Waals surface area (Å²) in [6.45, 7) is 8.91. The third-order valence-corrected chi connectivity index (χ3v) is 4.91. The molecule has 0 bridgehead atoms. The van der Waals surface area contributed by atoms with Gasteiger partial charge in [0.2, 0.25) is 0 Å². The summed E-state index contributed by atoms with van der Waals surface area (Å²) in [6, 6.07) is 13.1. The summed E-state index contributed by atoms with van der Waals surface area (Å²) in [5.74, 6) is 0.253. The molecule has 22 heavy (non-hydrogen) atoms. The molecule has 1 atom stereocenters. The van der Waals surface area contributed by atoms with Crippen LogP contribution in [-0.2, 0) is 0 Å². The first kappa shape index (κ1) is 15.3. The number of anilines is 1. The van der Waals surface area contributed by atoms with E-state index in [2.05, 4.69) is 51.1 Å². The van der Waals surface area contributed by atoms with Gasteiger partial charge in [0, 0.05) is 51.5 Å². The Labute approximate surface area is 133 Å². The molecular formula is C18H26N4. The molecule has 3 rings (SSSR count). The molecule has 0 amide bonds. The van der Waals surface area contributed by atoms with Crippen LogP contribution in [0.2, 0.25) is 0 Å². The first-order valence-corrected chi connectivity index (χ1v) is 8.49. The average Bonchev–Trinajstić information content (AvgIpc) is 2.61. The van der Waals surface area contributed by atoms with Crippen LogP contribution in [0.3, 0.4) is 0 Å². The first-order valence-electron chi connectivity index (χ1n) is 8.49. The van der Waals surface area contributed by atoms with Crippen molar-refractivity contribution in [2.75, 3.05) is 57.3 Å². The van der Waals surface area contributed by atoms with Crippen molar-refractivity contribution >= 4 is 5.69 Å². The standard InChI is InChI=1S/C18H26N4/c19-15-17-5-4-8-21(16-17)10-9-20-11-13-22(14-12-20)18-6-2-1-3-7-18/h1-3,6-7,17H,4-5,8-14,16H2/t17-/m1/s1. The number of hydrogen-bond acceptors (Lipinski definition) is 4. The lowest BCUT2D eigenvalue weighted by Gasteiger charge is -2.37. The average molecular weight is 298 g/mol. The van der Waals surface area contributed by atoms with Gasteiger partial charge in [-0.3, -0.25) is 4.90 Å². The van der Waals surface area contributed by atoms with Gasteiger partial charge >= 0.3 is 0 Å². The lowest BCUT2D eigenvalue weighted by atomic mass is 10.00. The zero-order valence-electron chi connectivity index (χ0n) is 13.3. The Bertz CT molecular complexity index is 488. The van der Waals surface area contributed by atoms with Crippen LogP contribution >= 0.6 is 0 Å². The number of likely N-dealkylation sites (tertiary alicyclic amines) is 1. The van der Waals surface area contributed by atoms with Crippen molar-refractivity contribution in [1.82, 2.24) is 9.80 Å². The second-order valence-electron chi connectivity index (χ2n) is 6.43. The number of nitriles is 1. The van der Waals surface area contributed by atoms with Crippen LogP contribution in [0.5, 0.6) is 0 Å². The maximum Gasteiger partial charge on any atom is 0.0669 e. The van der Waals surface area contributed by atoms with Crippen LogP contribution in [0.4, 0.5) is 5.69 Å². The molecule has 118 valence electrons. The highest BCUT2D eigenvalue weighted by atomic mass is 15.3. The number of rotatable bonds is 4. The largest absolute Gasteiger partial charge is 0.369 e. The quantitative estimate of drug-likeness (QED) is 0.852. The molecule has 2 fully saturated rings. The van der Waals surface area contributed by atoms with Crippen molar-refractivity contribution in [3.8, 4) is 6.07 Å². The molecule has 4 heteroatoms. The monoisotopic (exact) mass is 298 g/mol. The summed E-state index contributed by atoms with van der Waals surface area (Å²) in [7, 11) is 0. The van der Waals surface area contributed by atoms with Crippen molar-refractivity contribution in [2.24, 2.45) is 5.92 Å². The summed E-state index contributed by atoms with van der Waals surface area (Å²) in [6.07, 6.45) is 2.27. The van der Waals surface area contributed by atoms with E-state index in [0.717, 1.165) is 52.2 Å². The molecule has 2 heterocycles. The maximum absolute atomic E-state index is 9.07. The van der Waals surface area contributed by atoms with Crippen molar-refractivity contribution in [3.05, 3.63) is 30.3 Å². The summed E-state index contributed by atoms with van der Waals surface area (Å²) in [5.41, 5.74) is 1.34. The molecule has 2 aliphatic heterocycles. The first-order chi connectivity index (χ1) is 10.8. The van der Waals surface area contributed by atoms with E-state index in [1.807, 2.05) is 0 Å². The third kappa shape index (κ3) is 4.00. The second kappa shape index (κ2) is 7.62. The normalized spacial score (nSPS) is 24.1. The van der Waals surface area contributed by atoms with Gasteiger partial charge in [-0.25, -0.2) is 0 Å². The van der Waals surface area contributed by atoms with Crippen molar-refractivity contribution in [3.63, 3.8) is 0 Å². The van der Waals surface area contributed by atoms with Crippen molar-refractivity contribution in [1.29, 1.82) is 5.26 Å². The number of piperazine rings is 1. The fraction of sp³-hybridized carbons (Fsp3) is 0.611. The molecule has 0 aromatic heterocycles. The van der Waals surface area contributed by atoms with E-state index >= 15 is 0 Å². The number of benzene rings is 1. The van der Waals surface area contributed by atoms with Crippen LogP contribution in [0.25, 0.3) is 0 Å². The van der Waals surface area contributed by atoms with E-state index in [-0.39, 0.29) is 5.92 Å². The third-order valence-electron chi connectivity index (χ3n) is 4.91. The second-order valence-corrected chi connectivity index (χ2v) is 6.43. The van der Waals surface area contributed by atoms with Gasteiger partial charge in [0.1, 0.15) is 0 Å². The molecule has 0 spiro atoms. The molecule has 0 saturated carbocycles. The molecule has 1 aromatic carbocycles. The van der Waals surface area contributed by atoms with Crippen molar-refractivity contribution in [2.45, 2.75) is 12.8 Å². The minimum absolute atomic E-state index is 0.253. The van der Waals surface area contributed by atoms with Crippen LogP contribution in [0.1, 0.15) is 12.8 Å². The van der Waals surface area contributed by atoms with Crippen LogP contribution in [0, 0.1) is 17.2 Å². The SMILES string of the molecule is N#C[C@H]1CCCN(CCN2CCN(c3ccccc3)CC2)C1. The molecule has 0 unspecified atom stereocenters. The topological polar surface area (TPSA) is 33.5 Å². The Kier molecular flexibility index (Phi) is 5.31. The fourth-order valence-electron chi connectivity index (χ4n) is 3.52. The summed E-state index contributed by atoms with van der Waals surface area (Å²) < 4.78 is 0. The molecule has 2 saturated heterocycles. The number of para-hydroxylation sites is 1. The lowest BCUT2D eigenvalue weighted by molar-refractivity contribution is 0.161. The highest BCUT2D eigenvalue weighted by molar-refractivity contribution is 5.46. The Morgan fingerprint density at radius 2 is 1.68 bits per heavy atom. The predicted molar refractivity (Wildman–Crippen MR) is 89.9 cm³/mol. The zero-order valence-corrected chi connectivity index (χ0v) is 13.3. The minimum atomic E-state index is 0.253. The number of nitrogens with zero attached hydrogens (tertiary/aromatic N) is 4. The van der Waals surface area contributed by atoms with Gasteiger partial charge in [-0.15, -0.1) is 0 Å². The number of piperidine rings is 1. The summed E-state index contributed by atoms with van der Waals surface area (Å²) in [4.78, 5) is 7.51. The van der Waals surface area contributed by atoms with E-state index in [1.165, 1.54) is 18.7 Å². The predicted octanol–water partition coefficient (Wildman–Crippen LogP) is 2.04. The van der Waals surface area contributed by atoms with Gasteiger partial charge in [-0.05, 0) is 31.5 Å². The minimum Gasteiger partial charge on any atom is -0.369 e. The highest BCUT2D eigenvalue weighted by Crippen LogP contribution is 2.17. The zero-order chi connectivity index (χ0) is 15.2. The van der Waals surface area contributed by atoms with Crippen LogP contribution in [0.15, 0.2) is 30.3 Å². The smallest absolute Gasteiger partial charge is 0.0669 e. The van der Waals surface area contributed by atoms with Gasteiger partial charge in [0.25, 0.3) is 0 Å². The molecular weight excluding hydrogens is 272 g/mol. The maximum atomic E-state index is 9.07. The van der Waals surface area contributed by atoms with Gasteiger partial charge < -0.3 is 9.80 Å². The Morgan fingerprint density at radius 1 is 0.955 bits per heavy atom.